The average Bonchev–Trinajstić information content (AvgIpc) is 2.72. The minimum absolute atomic E-state index is 0.528. The Hall–Kier alpha value is -1.13. The van der Waals surface area contributed by atoms with Gasteiger partial charge in [0.1, 0.15) is 0 Å². The first-order valence-electron chi connectivity index (χ1n) is 4.75. The second-order valence-corrected chi connectivity index (χ2v) is 3.82. The standard InChI is InChI=1S/C9H8BrNO.C3H8O/c1-3-7-4-8(5-12)11-9(7)6(2)10;1-3-4-2/h3-5,11H,1-2H2;3H2,1-2H3. The minimum Gasteiger partial charge on any atom is -0.385 e. The average molecular weight is 286 g/mol. The number of aromatic nitrogens is 1. The Bertz CT molecular complexity index is 367. The normalized spacial score (nSPS) is 8.94. The molecular formula is C12H16BrNO2. The summed E-state index contributed by atoms with van der Waals surface area (Å²) in [7, 11) is 1.68. The maximum atomic E-state index is 10.4. The first kappa shape index (κ1) is 14.9. The van der Waals surface area contributed by atoms with Gasteiger partial charge in [-0.2, -0.15) is 0 Å². The van der Waals surface area contributed by atoms with E-state index in [0.717, 1.165) is 24.2 Å². The summed E-state index contributed by atoms with van der Waals surface area (Å²) in [5.74, 6) is 0. The van der Waals surface area contributed by atoms with Gasteiger partial charge in [-0.25, -0.2) is 0 Å². The van der Waals surface area contributed by atoms with Gasteiger partial charge in [0.15, 0.2) is 6.29 Å². The molecule has 3 nitrogen and oxygen atoms in total. The Morgan fingerprint density at radius 3 is 2.50 bits per heavy atom. The summed E-state index contributed by atoms with van der Waals surface area (Å²) in [5, 5.41) is 0. The van der Waals surface area contributed by atoms with Crippen LogP contribution in [0.5, 0.6) is 0 Å². The number of carbonyl (C=O) groups excluding carboxylic acids is 1. The van der Waals surface area contributed by atoms with E-state index >= 15 is 0 Å². The molecule has 1 heterocycles. The fourth-order valence-electron chi connectivity index (χ4n) is 0.941. The van der Waals surface area contributed by atoms with E-state index in [2.05, 4.69) is 38.8 Å². The number of nitrogens with one attached hydrogen (secondary N) is 1. The third-order valence-corrected chi connectivity index (χ3v) is 2.17. The number of ether oxygens (including phenoxy) is 1. The maximum Gasteiger partial charge on any atom is 0.166 e. The Labute approximate surface area is 104 Å². The van der Waals surface area contributed by atoms with Crippen molar-refractivity contribution >= 4 is 32.8 Å². The SMILES string of the molecule is C=Cc1cc(C=O)[nH]c1C(=C)Br.CCOC. The van der Waals surface area contributed by atoms with Crippen molar-refractivity contribution in [2.45, 2.75) is 6.92 Å². The van der Waals surface area contributed by atoms with Crippen molar-refractivity contribution in [2.75, 3.05) is 13.7 Å². The molecule has 1 rings (SSSR count). The highest BCUT2D eigenvalue weighted by Crippen LogP contribution is 2.23. The number of aldehydes is 1. The van der Waals surface area contributed by atoms with Crippen LogP contribution in [0.2, 0.25) is 0 Å². The first-order valence-corrected chi connectivity index (χ1v) is 5.54. The van der Waals surface area contributed by atoms with E-state index in [-0.39, 0.29) is 0 Å². The van der Waals surface area contributed by atoms with Crippen LogP contribution in [0.4, 0.5) is 0 Å². The number of halogens is 1. The quantitative estimate of drug-likeness (QED) is 0.861. The summed E-state index contributed by atoms with van der Waals surface area (Å²) in [6.07, 6.45) is 2.43. The van der Waals surface area contributed by atoms with Crippen molar-refractivity contribution < 1.29 is 9.53 Å². The lowest BCUT2D eigenvalue weighted by Crippen LogP contribution is -1.80. The molecule has 0 aliphatic heterocycles. The van der Waals surface area contributed by atoms with Crippen molar-refractivity contribution in [3.63, 3.8) is 0 Å². The monoisotopic (exact) mass is 285 g/mol. The highest BCUT2D eigenvalue weighted by molar-refractivity contribution is 9.15. The van der Waals surface area contributed by atoms with Gasteiger partial charge >= 0.3 is 0 Å². The zero-order chi connectivity index (χ0) is 12.6. The van der Waals surface area contributed by atoms with Gasteiger partial charge in [0.25, 0.3) is 0 Å². The highest BCUT2D eigenvalue weighted by atomic mass is 79.9. The number of methoxy groups -OCH3 is 1. The molecule has 0 fully saturated rings. The van der Waals surface area contributed by atoms with Gasteiger partial charge in [-0.1, -0.05) is 19.2 Å². The maximum absolute atomic E-state index is 10.4. The summed E-state index contributed by atoms with van der Waals surface area (Å²) in [6.45, 7) is 10.1. The van der Waals surface area contributed by atoms with Crippen LogP contribution in [0.1, 0.15) is 28.7 Å². The fourth-order valence-corrected chi connectivity index (χ4v) is 1.27. The third-order valence-electron chi connectivity index (χ3n) is 1.78. The van der Waals surface area contributed by atoms with E-state index in [0.29, 0.717) is 10.2 Å². The van der Waals surface area contributed by atoms with E-state index in [1.54, 1.807) is 19.3 Å². The molecule has 0 spiro atoms. The molecule has 1 aromatic heterocycles. The Balaban J connectivity index is 0.000000487. The number of aromatic amines is 1. The van der Waals surface area contributed by atoms with Gasteiger partial charge in [0, 0.05) is 23.8 Å². The van der Waals surface area contributed by atoms with E-state index in [4.69, 9.17) is 0 Å². The van der Waals surface area contributed by atoms with E-state index in [9.17, 15) is 4.79 Å². The van der Waals surface area contributed by atoms with Gasteiger partial charge in [0.05, 0.1) is 11.4 Å². The Morgan fingerprint density at radius 2 is 2.25 bits per heavy atom. The molecule has 0 unspecified atom stereocenters. The molecule has 0 bridgehead atoms. The van der Waals surface area contributed by atoms with Crippen LogP contribution in [-0.2, 0) is 4.74 Å². The molecule has 0 atom stereocenters. The molecule has 0 aromatic carbocycles. The molecule has 0 saturated heterocycles. The lowest BCUT2D eigenvalue weighted by Gasteiger charge is -1.93. The fraction of sp³-hybridized carbons (Fsp3) is 0.250. The summed E-state index contributed by atoms with van der Waals surface area (Å²) < 4.78 is 5.26. The molecule has 0 radical (unpaired) electrons. The van der Waals surface area contributed by atoms with Gasteiger partial charge in [-0.05, 0) is 28.9 Å². The van der Waals surface area contributed by atoms with Crippen molar-refractivity contribution in [3.8, 4) is 0 Å². The summed E-state index contributed by atoms with van der Waals surface area (Å²) in [6, 6.07) is 1.72. The number of hydrogen-bond donors (Lipinski definition) is 1. The Kier molecular flexibility index (Phi) is 7.50. The van der Waals surface area contributed by atoms with Crippen LogP contribution < -0.4 is 0 Å². The van der Waals surface area contributed by atoms with Crippen LogP contribution in [0.15, 0.2) is 19.2 Å². The van der Waals surface area contributed by atoms with Crippen LogP contribution in [0.25, 0.3) is 10.6 Å². The van der Waals surface area contributed by atoms with Gasteiger partial charge in [0.2, 0.25) is 0 Å². The van der Waals surface area contributed by atoms with E-state index < -0.39 is 0 Å². The zero-order valence-corrected chi connectivity index (χ0v) is 11.1. The third kappa shape index (κ3) is 4.59. The summed E-state index contributed by atoms with van der Waals surface area (Å²) in [4.78, 5) is 13.3. The van der Waals surface area contributed by atoms with Crippen molar-refractivity contribution in [2.24, 2.45) is 0 Å². The molecule has 88 valence electrons. The van der Waals surface area contributed by atoms with E-state index in [1.807, 2.05) is 6.92 Å². The number of rotatable bonds is 4. The molecule has 1 aromatic rings. The summed E-state index contributed by atoms with van der Waals surface area (Å²) in [5.41, 5.74) is 2.20. The zero-order valence-electron chi connectivity index (χ0n) is 9.55. The van der Waals surface area contributed by atoms with Crippen molar-refractivity contribution in [1.29, 1.82) is 0 Å². The predicted molar refractivity (Wildman–Crippen MR) is 71.8 cm³/mol. The molecule has 1 N–H and O–H groups in total. The molecule has 0 aliphatic carbocycles. The smallest absolute Gasteiger partial charge is 0.166 e. The molecule has 16 heavy (non-hydrogen) atoms. The lowest BCUT2D eigenvalue weighted by atomic mass is 10.2. The van der Waals surface area contributed by atoms with Crippen LogP contribution >= 0.6 is 15.9 Å². The molecule has 4 heteroatoms. The first-order chi connectivity index (χ1) is 7.60. The van der Waals surface area contributed by atoms with Crippen molar-refractivity contribution in [3.05, 3.63) is 36.2 Å². The Morgan fingerprint density at radius 1 is 1.69 bits per heavy atom. The van der Waals surface area contributed by atoms with E-state index in [1.165, 1.54) is 0 Å². The van der Waals surface area contributed by atoms with Crippen LogP contribution in [0, 0.1) is 0 Å². The predicted octanol–water partition coefficient (Wildman–Crippen LogP) is 3.49. The topological polar surface area (TPSA) is 42.1 Å². The van der Waals surface area contributed by atoms with Gasteiger partial charge < -0.3 is 9.72 Å². The largest absolute Gasteiger partial charge is 0.385 e. The highest BCUT2D eigenvalue weighted by Gasteiger charge is 2.05. The second kappa shape index (κ2) is 8.07. The minimum atomic E-state index is 0.528. The van der Waals surface area contributed by atoms with Crippen LogP contribution in [0.3, 0.4) is 0 Å². The molecule has 0 saturated carbocycles. The van der Waals surface area contributed by atoms with Gasteiger partial charge in [-0.3, -0.25) is 4.79 Å². The number of carbonyl (C=O) groups is 1. The lowest BCUT2D eigenvalue weighted by molar-refractivity contribution is 0.111. The number of hydrogen-bond acceptors (Lipinski definition) is 2. The van der Waals surface area contributed by atoms with Crippen molar-refractivity contribution in [1.82, 2.24) is 4.98 Å². The van der Waals surface area contributed by atoms with Crippen LogP contribution in [-0.4, -0.2) is 25.0 Å². The second-order valence-electron chi connectivity index (χ2n) is 2.86. The summed E-state index contributed by atoms with van der Waals surface area (Å²) >= 11 is 3.23. The molecule has 0 amide bonds. The van der Waals surface area contributed by atoms with Gasteiger partial charge in [-0.15, -0.1) is 0 Å². The molecule has 0 aliphatic rings. The molecular weight excluding hydrogens is 270 g/mol. The number of H-pyrrole nitrogens is 1.